The minimum absolute atomic E-state index is 0.270. The van der Waals surface area contributed by atoms with Gasteiger partial charge in [0.2, 0.25) is 0 Å². The summed E-state index contributed by atoms with van der Waals surface area (Å²) in [5.41, 5.74) is -0.270. The average molecular weight is 264 g/mol. The van der Waals surface area contributed by atoms with Crippen LogP contribution in [0.15, 0.2) is 0 Å². The van der Waals surface area contributed by atoms with Crippen molar-refractivity contribution in [1.82, 2.24) is 15.1 Å². The minimum atomic E-state index is -0.270. The molecule has 0 radical (unpaired) electrons. The van der Waals surface area contributed by atoms with Crippen LogP contribution in [0.25, 0.3) is 0 Å². The number of nitriles is 1. The summed E-state index contributed by atoms with van der Waals surface area (Å²) in [5.74, 6) is 0. The zero-order chi connectivity index (χ0) is 13.9. The van der Waals surface area contributed by atoms with E-state index in [1.165, 1.54) is 25.9 Å². The molecule has 1 aliphatic heterocycles. The van der Waals surface area contributed by atoms with E-state index in [0.29, 0.717) is 12.1 Å². The Bertz CT molecular complexity index is 338. The maximum absolute atomic E-state index is 9.46. The normalized spacial score (nSPS) is 36.6. The first-order chi connectivity index (χ1) is 9.10. The summed E-state index contributed by atoms with van der Waals surface area (Å²) in [6.07, 6.45) is 5.73. The summed E-state index contributed by atoms with van der Waals surface area (Å²) >= 11 is 0. The number of rotatable bonds is 4. The van der Waals surface area contributed by atoms with Crippen LogP contribution in [0.2, 0.25) is 0 Å². The van der Waals surface area contributed by atoms with E-state index in [-0.39, 0.29) is 5.54 Å². The Morgan fingerprint density at radius 1 is 1.42 bits per heavy atom. The second-order valence-corrected chi connectivity index (χ2v) is 6.34. The van der Waals surface area contributed by atoms with Crippen molar-refractivity contribution in [1.29, 1.82) is 5.26 Å². The molecule has 1 saturated heterocycles. The summed E-state index contributed by atoms with van der Waals surface area (Å²) < 4.78 is 0. The van der Waals surface area contributed by atoms with Crippen LogP contribution >= 0.6 is 0 Å². The van der Waals surface area contributed by atoms with E-state index in [4.69, 9.17) is 0 Å². The summed E-state index contributed by atoms with van der Waals surface area (Å²) in [4.78, 5) is 4.98. The Hall–Kier alpha value is -0.630. The molecule has 2 aliphatic rings. The van der Waals surface area contributed by atoms with Gasteiger partial charge >= 0.3 is 0 Å². The topological polar surface area (TPSA) is 42.3 Å². The van der Waals surface area contributed by atoms with Gasteiger partial charge in [0.15, 0.2) is 0 Å². The Morgan fingerprint density at radius 2 is 2.21 bits per heavy atom. The first-order valence-electron chi connectivity index (χ1n) is 7.67. The van der Waals surface area contributed by atoms with Gasteiger partial charge in [-0.25, -0.2) is 0 Å². The third kappa shape index (κ3) is 3.28. The molecule has 1 N–H and O–H groups in total. The Morgan fingerprint density at radius 3 is 2.84 bits per heavy atom. The Balaban J connectivity index is 1.94. The van der Waals surface area contributed by atoms with Crippen molar-refractivity contribution in [2.45, 2.75) is 56.7 Å². The molecule has 108 valence electrons. The molecule has 3 unspecified atom stereocenters. The average Bonchev–Trinajstić information content (AvgIpc) is 2.83. The second-order valence-electron chi connectivity index (χ2n) is 6.34. The molecule has 0 spiro atoms. The van der Waals surface area contributed by atoms with Crippen molar-refractivity contribution in [3.8, 4) is 6.07 Å². The van der Waals surface area contributed by atoms with Gasteiger partial charge in [0, 0.05) is 18.6 Å². The highest BCUT2D eigenvalue weighted by atomic mass is 15.2. The van der Waals surface area contributed by atoms with Crippen molar-refractivity contribution >= 4 is 0 Å². The van der Waals surface area contributed by atoms with Crippen molar-refractivity contribution in [3.05, 3.63) is 0 Å². The summed E-state index contributed by atoms with van der Waals surface area (Å²) in [5, 5.41) is 12.9. The molecule has 2 fully saturated rings. The molecular formula is C15H28N4. The van der Waals surface area contributed by atoms with Crippen LogP contribution in [-0.4, -0.2) is 61.2 Å². The van der Waals surface area contributed by atoms with E-state index < -0.39 is 0 Å². The van der Waals surface area contributed by atoms with Crippen LogP contribution in [0.4, 0.5) is 0 Å². The molecule has 1 saturated carbocycles. The largest absolute Gasteiger partial charge is 0.305 e. The zero-order valence-electron chi connectivity index (χ0n) is 12.7. The first-order valence-corrected chi connectivity index (χ1v) is 7.67. The summed E-state index contributed by atoms with van der Waals surface area (Å²) in [6, 6.07) is 3.76. The van der Waals surface area contributed by atoms with Gasteiger partial charge in [-0.1, -0.05) is 6.92 Å². The van der Waals surface area contributed by atoms with Crippen LogP contribution in [-0.2, 0) is 0 Å². The van der Waals surface area contributed by atoms with Gasteiger partial charge < -0.3 is 4.90 Å². The minimum Gasteiger partial charge on any atom is -0.305 e. The quantitative estimate of drug-likeness (QED) is 0.834. The van der Waals surface area contributed by atoms with Gasteiger partial charge in [-0.3, -0.25) is 10.2 Å². The lowest BCUT2D eigenvalue weighted by Gasteiger charge is -2.39. The molecule has 0 aromatic heterocycles. The molecular weight excluding hydrogens is 236 g/mol. The van der Waals surface area contributed by atoms with Crippen LogP contribution in [0.5, 0.6) is 0 Å². The lowest BCUT2D eigenvalue weighted by Crippen LogP contribution is -2.49. The highest BCUT2D eigenvalue weighted by molar-refractivity contribution is 5.13. The molecule has 1 heterocycles. The van der Waals surface area contributed by atoms with Gasteiger partial charge in [-0.15, -0.1) is 0 Å². The van der Waals surface area contributed by atoms with Crippen molar-refractivity contribution < 1.29 is 0 Å². The fourth-order valence-corrected chi connectivity index (χ4v) is 3.78. The highest BCUT2D eigenvalue weighted by Crippen LogP contribution is 2.34. The van der Waals surface area contributed by atoms with E-state index in [1.54, 1.807) is 0 Å². The molecule has 4 nitrogen and oxygen atoms in total. The smallest absolute Gasteiger partial charge is 0.108 e. The first kappa shape index (κ1) is 14.8. The molecule has 0 amide bonds. The number of hydrogen-bond donors (Lipinski definition) is 1. The molecule has 0 aromatic carbocycles. The third-order valence-corrected chi connectivity index (χ3v) is 4.97. The molecule has 2 rings (SSSR count). The zero-order valence-corrected chi connectivity index (χ0v) is 12.7. The van der Waals surface area contributed by atoms with Gasteiger partial charge in [-0.2, -0.15) is 5.26 Å². The second kappa shape index (κ2) is 6.21. The van der Waals surface area contributed by atoms with Gasteiger partial charge in [-0.05, 0) is 59.3 Å². The molecule has 1 aliphatic carbocycles. The monoisotopic (exact) mass is 264 g/mol. The summed E-state index contributed by atoms with van der Waals surface area (Å²) in [7, 11) is 4.47. The molecule has 0 aromatic rings. The van der Waals surface area contributed by atoms with E-state index in [1.807, 2.05) is 0 Å². The number of hydrogen-bond acceptors (Lipinski definition) is 4. The lowest BCUT2D eigenvalue weighted by molar-refractivity contribution is 0.0982. The van der Waals surface area contributed by atoms with E-state index in [0.717, 1.165) is 25.8 Å². The maximum atomic E-state index is 9.46. The van der Waals surface area contributed by atoms with Gasteiger partial charge in [0.1, 0.15) is 5.54 Å². The van der Waals surface area contributed by atoms with Crippen LogP contribution < -0.4 is 5.32 Å². The number of nitrogens with one attached hydrogen (secondary N) is 1. The number of piperidine rings is 1. The Kier molecular flexibility index (Phi) is 4.83. The Labute approximate surface area is 117 Å². The SMILES string of the molecule is CCNC1(C#N)CCC(N(C)C2CCCN(C)C2)C1. The highest BCUT2D eigenvalue weighted by Gasteiger charge is 2.41. The lowest BCUT2D eigenvalue weighted by atomic mass is 9.98. The van der Waals surface area contributed by atoms with Crippen LogP contribution in [0.3, 0.4) is 0 Å². The third-order valence-electron chi connectivity index (χ3n) is 4.97. The maximum Gasteiger partial charge on any atom is 0.108 e. The number of likely N-dealkylation sites (tertiary alicyclic amines) is 1. The number of likely N-dealkylation sites (N-methyl/N-ethyl adjacent to an activating group) is 2. The predicted molar refractivity (Wildman–Crippen MR) is 77.9 cm³/mol. The molecule has 19 heavy (non-hydrogen) atoms. The van der Waals surface area contributed by atoms with Gasteiger partial charge in [0.05, 0.1) is 6.07 Å². The fraction of sp³-hybridized carbons (Fsp3) is 0.933. The van der Waals surface area contributed by atoms with Crippen LogP contribution in [0.1, 0.15) is 39.0 Å². The predicted octanol–water partition coefficient (Wildman–Crippen LogP) is 1.44. The van der Waals surface area contributed by atoms with E-state index in [2.05, 4.69) is 42.2 Å². The van der Waals surface area contributed by atoms with Crippen molar-refractivity contribution in [3.63, 3.8) is 0 Å². The summed E-state index contributed by atoms with van der Waals surface area (Å²) in [6.45, 7) is 5.38. The van der Waals surface area contributed by atoms with Crippen molar-refractivity contribution in [2.24, 2.45) is 0 Å². The molecule has 3 atom stereocenters. The van der Waals surface area contributed by atoms with Gasteiger partial charge in [0.25, 0.3) is 0 Å². The number of nitrogens with zero attached hydrogens (tertiary/aromatic N) is 3. The molecule has 4 heteroatoms. The fourth-order valence-electron chi connectivity index (χ4n) is 3.78. The molecule has 0 bridgehead atoms. The van der Waals surface area contributed by atoms with Crippen molar-refractivity contribution in [2.75, 3.05) is 33.7 Å². The standard InChI is InChI=1S/C15H28N4/c1-4-17-15(12-16)8-7-13(10-15)19(3)14-6-5-9-18(2)11-14/h13-14,17H,4-11H2,1-3H3. The van der Waals surface area contributed by atoms with Crippen LogP contribution in [0, 0.1) is 11.3 Å². The van der Waals surface area contributed by atoms with E-state index >= 15 is 0 Å². The van der Waals surface area contributed by atoms with E-state index in [9.17, 15) is 5.26 Å².